The summed E-state index contributed by atoms with van der Waals surface area (Å²) in [6, 6.07) is 2.69. The average molecular weight is 443 g/mol. The van der Waals surface area contributed by atoms with Gasteiger partial charge in [-0.05, 0) is 12.1 Å². The molecule has 3 heterocycles. The molecule has 1 aliphatic heterocycles. The smallest absolute Gasteiger partial charge is 0.394 e. The summed E-state index contributed by atoms with van der Waals surface area (Å²) in [4.78, 5) is 12.1. The third-order valence-electron chi connectivity index (χ3n) is 5.01. The Kier molecular flexibility index (Phi) is 5.51. The molecule has 4 rings (SSSR count). The molecule has 2 aromatic heterocycles. The highest BCUT2D eigenvalue weighted by atomic mass is 19.4. The van der Waals surface area contributed by atoms with Crippen LogP contribution in [0.2, 0.25) is 0 Å². The van der Waals surface area contributed by atoms with Crippen LogP contribution < -0.4 is 5.32 Å². The number of alkyl halides is 3. The Morgan fingerprint density at radius 2 is 1.90 bits per heavy atom. The van der Waals surface area contributed by atoms with E-state index >= 15 is 0 Å². The number of anilines is 1. The van der Waals surface area contributed by atoms with Crippen LogP contribution in [0.4, 0.5) is 23.4 Å². The van der Waals surface area contributed by atoms with Gasteiger partial charge in [0.2, 0.25) is 0 Å². The number of nitrogens with zero attached hydrogens (tertiary/aromatic N) is 4. The van der Waals surface area contributed by atoms with Crippen LogP contribution in [0.1, 0.15) is 17.4 Å². The monoisotopic (exact) mass is 443 g/mol. The molecule has 1 unspecified atom stereocenters. The van der Waals surface area contributed by atoms with E-state index in [1.54, 1.807) is 0 Å². The third-order valence-corrected chi connectivity index (χ3v) is 5.01. The predicted octanol–water partition coefficient (Wildman–Crippen LogP) is 1.21. The molecule has 0 saturated carbocycles. The second kappa shape index (κ2) is 8.00. The first kappa shape index (κ1) is 21.4. The van der Waals surface area contributed by atoms with Crippen molar-refractivity contribution in [2.45, 2.75) is 37.3 Å². The van der Waals surface area contributed by atoms with Crippen molar-refractivity contribution in [1.29, 1.82) is 0 Å². The molecular formula is C18H17F4N5O4. The molecule has 0 radical (unpaired) electrons. The molecule has 1 saturated heterocycles. The van der Waals surface area contributed by atoms with Crippen LogP contribution in [-0.4, -0.2) is 59.8 Å². The van der Waals surface area contributed by atoms with E-state index < -0.39 is 60.8 Å². The minimum Gasteiger partial charge on any atom is -0.394 e. The van der Waals surface area contributed by atoms with Crippen molar-refractivity contribution in [3.8, 4) is 0 Å². The van der Waals surface area contributed by atoms with Crippen molar-refractivity contribution >= 4 is 17.0 Å². The predicted molar refractivity (Wildman–Crippen MR) is 97.1 cm³/mol. The Morgan fingerprint density at radius 3 is 2.58 bits per heavy atom. The number of halogens is 4. The van der Waals surface area contributed by atoms with E-state index in [9.17, 15) is 32.9 Å². The van der Waals surface area contributed by atoms with Gasteiger partial charge in [0.1, 0.15) is 30.5 Å². The van der Waals surface area contributed by atoms with Crippen molar-refractivity contribution in [3.63, 3.8) is 0 Å². The second-order valence-corrected chi connectivity index (χ2v) is 6.89. The molecule has 0 aliphatic carbocycles. The van der Waals surface area contributed by atoms with E-state index in [2.05, 4.69) is 20.3 Å². The number of aliphatic hydroxyl groups excluding tert-OH is 3. The Labute approximate surface area is 172 Å². The number of aliphatic hydroxyl groups is 3. The van der Waals surface area contributed by atoms with E-state index in [0.717, 1.165) is 24.5 Å². The van der Waals surface area contributed by atoms with Crippen LogP contribution in [0.3, 0.4) is 0 Å². The molecular weight excluding hydrogens is 426 g/mol. The fourth-order valence-corrected chi connectivity index (χ4v) is 3.45. The molecule has 0 spiro atoms. The summed E-state index contributed by atoms with van der Waals surface area (Å²) < 4.78 is 60.4. The number of fused-ring (bicyclic) bond motifs is 1. The summed E-state index contributed by atoms with van der Waals surface area (Å²) in [7, 11) is 0. The van der Waals surface area contributed by atoms with Crippen LogP contribution in [0.5, 0.6) is 0 Å². The van der Waals surface area contributed by atoms with Gasteiger partial charge in [0.15, 0.2) is 23.2 Å². The summed E-state index contributed by atoms with van der Waals surface area (Å²) in [5.74, 6) is -0.989. The minimum absolute atomic E-state index is 0.0341. The minimum atomic E-state index is -4.73. The van der Waals surface area contributed by atoms with Gasteiger partial charge in [-0.3, -0.25) is 4.57 Å². The van der Waals surface area contributed by atoms with E-state index in [0.29, 0.717) is 0 Å². The number of aromatic nitrogens is 4. The first-order chi connectivity index (χ1) is 14.7. The zero-order valence-electron chi connectivity index (χ0n) is 15.7. The SMILES string of the molecule is OC[C@H]1OC(n2cnc3c(NCc4c(F)cccc4C(F)(F)F)ncnc32)[C@H](O)[C@@H]1O. The molecule has 9 nitrogen and oxygen atoms in total. The molecule has 1 fully saturated rings. The lowest BCUT2D eigenvalue weighted by molar-refractivity contribution is -0.138. The van der Waals surface area contributed by atoms with Gasteiger partial charge in [-0.15, -0.1) is 0 Å². The zero-order valence-corrected chi connectivity index (χ0v) is 15.7. The summed E-state index contributed by atoms with van der Waals surface area (Å²) in [6.07, 6.45) is -7.23. The van der Waals surface area contributed by atoms with Gasteiger partial charge in [-0.2, -0.15) is 13.2 Å². The highest BCUT2D eigenvalue weighted by molar-refractivity contribution is 5.82. The van der Waals surface area contributed by atoms with Crippen LogP contribution in [0, 0.1) is 5.82 Å². The summed E-state index contributed by atoms with van der Waals surface area (Å²) >= 11 is 0. The van der Waals surface area contributed by atoms with Gasteiger partial charge in [0.05, 0.1) is 18.5 Å². The number of hydrogen-bond acceptors (Lipinski definition) is 8. The van der Waals surface area contributed by atoms with Crippen molar-refractivity contribution in [2.75, 3.05) is 11.9 Å². The van der Waals surface area contributed by atoms with Crippen LogP contribution in [0.15, 0.2) is 30.9 Å². The number of ether oxygens (including phenoxy) is 1. The highest BCUT2D eigenvalue weighted by Crippen LogP contribution is 2.34. The standard InChI is InChI=1S/C18H17F4N5O4/c19-10-3-1-2-9(18(20,21)22)8(10)4-23-15-12-16(25-6-24-15)27(7-26-12)17-14(30)13(29)11(5-28)31-17/h1-3,6-7,11,13-14,17,28-30H,4-5H2,(H,23,24,25)/t11-,13-,14-,17?/m1/s1. The van der Waals surface area contributed by atoms with Gasteiger partial charge < -0.3 is 25.4 Å². The largest absolute Gasteiger partial charge is 0.416 e. The van der Waals surface area contributed by atoms with E-state index in [4.69, 9.17) is 4.74 Å². The lowest BCUT2D eigenvalue weighted by atomic mass is 10.1. The molecule has 0 amide bonds. The normalized spacial score (nSPS) is 24.1. The maximum Gasteiger partial charge on any atom is 0.416 e. The highest BCUT2D eigenvalue weighted by Gasteiger charge is 2.44. The second-order valence-electron chi connectivity index (χ2n) is 6.89. The number of nitrogens with one attached hydrogen (secondary N) is 1. The van der Waals surface area contributed by atoms with E-state index in [-0.39, 0.29) is 17.0 Å². The molecule has 31 heavy (non-hydrogen) atoms. The summed E-state index contributed by atoms with van der Waals surface area (Å²) in [6.45, 7) is -1.04. The van der Waals surface area contributed by atoms with E-state index in [1.807, 2.05) is 0 Å². The van der Waals surface area contributed by atoms with Crippen molar-refractivity contribution in [1.82, 2.24) is 19.5 Å². The molecule has 1 aromatic carbocycles. The fraction of sp³-hybridized carbons (Fsp3) is 0.389. The number of rotatable bonds is 5. The zero-order chi connectivity index (χ0) is 22.3. The average Bonchev–Trinajstić information content (AvgIpc) is 3.28. The fourth-order valence-electron chi connectivity index (χ4n) is 3.45. The van der Waals surface area contributed by atoms with Crippen LogP contribution >= 0.6 is 0 Å². The molecule has 1 aliphatic rings. The maximum absolute atomic E-state index is 14.1. The van der Waals surface area contributed by atoms with E-state index in [1.165, 1.54) is 10.9 Å². The van der Waals surface area contributed by atoms with Crippen molar-refractivity contribution < 1.29 is 37.6 Å². The Morgan fingerprint density at radius 1 is 1.13 bits per heavy atom. The molecule has 0 bridgehead atoms. The molecule has 4 N–H and O–H groups in total. The summed E-state index contributed by atoms with van der Waals surface area (Å²) in [5, 5.41) is 32.0. The van der Waals surface area contributed by atoms with Crippen LogP contribution in [0.25, 0.3) is 11.2 Å². The van der Waals surface area contributed by atoms with Gasteiger partial charge in [-0.25, -0.2) is 19.3 Å². The van der Waals surface area contributed by atoms with Crippen LogP contribution in [-0.2, 0) is 17.5 Å². The molecule has 13 heteroatoms. The molecule has 3 aromatic rings. The summed E-state index contributed by atoms with van der Waals surface area (Å²) in [5.41, 5.74) is -1.41. The number of hydrogen-bond donors (Lipinski definition) is 4. The number of benzene rings is 1. The Hall–Kier alpha value is -2.87. The maximum atomic E-state index is 14.1. The first-order valence-electron chi connectivity index (χ1n) is 9.10. The number of imidazole rings is 1. The van der Waals surface area contributed by atoms with Gasteiger partial charge in [0, 0.05) is 12.1 Å². The quantitative estimate of drug-likeness (QED) is 0.434. The Bertz CT molecular complexity index is 1090. The van der Waals surface area contributed by atoms with Gasteiger partial charge >= 0.3 is 6.18 Å². The lowest BCUT2D eigenvalue weighted by Gasteiger charge is -2.17. The third kappa shape index (κ3) is 3.80. The van der Waals surface area contributed by atoms with Crippen molar-refractivity contribution in [3.05, 3.63) is 47.8 Å². The lowest BCUT2D eigenvalue weighted by Crippen LogP contribution is -2.33. The molecule has 166 valence electrons. The topological polar surface area (TPSA) is 126 Å². The van der Waals surface area contributed by atoms with Crippen molar-refractivity contribution in [2.24, 2.45) is 0 Å². The first-order valence-corrected chi connectivity index (χ1v) is 9.10. The Balaban J connectivity index is 1.64. The van der Waals surface area contributed by atoms with Gasteiger partial charge in [0.25, 0.3) is 0 Å². The molecule has 4 atom stereocenters. The van der Waals surface area contributed by atoms with Gasteiger partial charge in [-0.1, -0.05) is 6.07 Å².